The molecule has 0 heterocycles. The fourth-order valence-corrected chi connectivity index (χ4v) is 0.665. The van der Waals surface area contributed by atoms with E-state index in [9.17, 15) is 10.4 Å². The van der Waals surface area contributed by atoms with Crippen LogP contribution in [0.3, 0.4) is 0 Å². The zero-order valence-electron chi connectivity index (χ0n) is 8.23. The predicted molar refractivity (Wildman–Crippen MR) is 43.0 cm³/mol. The Bertz CT molecular complexity index is 228. The van der Waals surface area contributed by atoms with E-state index in [1.165, 1.54) is 0 Å². The standard InChI is InChI=1S/C5H12N4O6/c1-14-6-8(12)5(3-10,4-11)9(13)7-15-2/h10-11H,3-4H2,1-2H3. The van der Waals surface area contributed by atoms with Gasteiger partial charge in [-0.15, -0.1) is 0 Å². The van der Waals surface area contributed by atoms with Crippen LogP contribution in [-0.2, 0) is 9.68 Å². The van der Waals surface area contributed by atoms with Gasteiger partial charge >= 0.3 is 5.66 Å². The normalized spacial score (nSPS) is 13.9. The Labute approximate surface area is 84.7 Å². The van der Waals surface area contributed by atoms with Crippen molar-refractivity contribution < 1.29 is 29.6 Å². The SMILES string of the molecule is CON=[N+]([O-])C(CO)(CO)[N+]([O-])=NOC. The van der Waals surface area contributed by atoms with Crippen LogP contribution < -0.4 is 0 Å². The van der Waals surface area contributed by atoms with Gasteiger partial charge in [-0.2, -0.15) is 0 Å². The molecule has 0 spiro atoms. The highest BCUT2D eigenvalue weighted by molar-refractivity contribution is 4.61. The van der Waals surface area contributed by atoms with E-state index in [1.807, 2.05) is 0 Å². The molecule has 0 rings (SSSR count). The smallest absolute Gasteiger partial charge is 0.469 e. The Kier molecular flexibility index (Phi) is 5.26. The van der Waals surface area contributed by atoms with E-state index >= 15 is 0 Å². The largest absolute Gasteiger partial charge is 0.592 e. The third-order valence-electron chi connectivity index (χ3n) is 1.53. The Morgan fingerprint density at radius 1 is 1.07 bits per heavy atom. The summed E-state index contributed by atoms with van der Waals surface area (Å²) in [5.74, 6) is 0. The fourth-order valence-electron chi connectivity index (χ4n) is 0.665. The van der Waals surface area contributed by atoms with Crippen LogP contribution in [0, 0.1) is 10.4 Å². The molecule has 0 aromatic rings. The van der Waals surface area contributed by atoms with Crippen molar-refractivity contribution in [1.82, 2.24) is 0 Å². The first-order chi connectivity index (χ1) is 7.08. The maximum absolute atomic E-state index is 11.2. The number of rotatable bonds is 6. The Balaban J connectivity index is 5.21. The molecule has 15 heavy (non-hydrogen) atoms. The third kappa shape index (κ3) is 2.63. The lowest BCUT2D eigenvalue weighted by Crippen LogP contribution is -2.53. The first-order valence-electron chi connectivity index (χ1n) is 3.73. The minimum atomic E-state index is -2.31. The van der Waals surface area contributed by atoms with E-state index in [0.29, 0.717) is 0 Å². The summed E-state index contributed by atoms with van der Waals surface area (Å²) in [5.41, 5.74) is -2.31. The van der Waals surface area contributed by atoms with Gasteiger partial charge in [0, 0.05) is 9.72 Å². The van der Waals surface area contributed by atoms with Crippen LogP contribution in [0.25, 0.3) is 0 Å². The van der Waals surface area contributed by atoms with Crippen LogP contribution >= 0.6 is 0 Å². The molecule has 0 aromatic heterocycles. The number of hydroxylamine groups is 2. The Morgan fingerprint density at radius 2 is 1.40 bits per heavy atom. The van der Waals surface area contributed by atoms with Gasteiger partial charge in [0.15, 0.2) is 13.2 Å². The Hall–Kier alpha value is -1.68. The second kappa shape index (κ2) is 5.93. The summed E-state index contributed by atoms with van der Waals surface area (Å²) in [6.07, 6.45) is 0. The molecule has 0 fully saturated rings. The maximum atomic E-state index is 11.2. The summed E-state index contributed by atoms with van der Waals surface area (Å²) in [5, 5.41) is 45.9. The van der Waals surface area contributed by atoms with Gasteiger partial charge in [0.05, 0.1) is 0 Å². The van der Waals surface area contributed by atoms with Crippen molar-refractivity contribution in [3.8, 4) is 0 Å². The number of aliphatic hydroxyl groups excluding tert-OH is 2. The van der Waals surface area contributed by atoms with Gasteiger partial charge in [-0.3, -0.25) is 0 Å². The molecule has 0 unspecified atom stereocenters. The first kappa shape index (κ1) is 13.3. The monoisotopic (exact) mass is 224 g/mol. The van der Waals surface area contributed by atoms with E-state index in [4.69, 9.17) is 10.2 Å². The predicted octanol–water partition coefficient (Wildman–Crippen LogP) is -1.28. The van der Waals surface area contributed by atoms with E-state index < -0.39 is 18.9 Å². The fraction of sp³-hybridized carbons (Fsp3) is 1.00. The van der Waals surface area contributed by atoms with Crippen molar-refractivity contribution in [3.63, 3.8) is 0 Å². The molecule has 0 bridgehead atoms. The average molecular weight is 224 g/mol. The lowest BCUT2D eigenvalue weighted by Gasteiger charge is -2.19. The van der Waals surface area contributed by atoms with Gasteiger partial charge in [0.25, 0.3) is 0 Å². The molecule has 0 aliphatic heterocycles. The lowest BCUT2D eigenvalue weighted by atomic mass is 10.2. The van der Waals surface area contributed by atoms with Crippen LogP contribution in [0.4, 0.5) is 0 Å². The number of nitrogens with zero attached hydrogens (tertiary/aromatic N) is 4. The summed E-state index contributed by atoms with van der Waals surface area (Å²) in [6.45, 7) is -2.04. The zero-order chi connectivity index (χ0) is 11.9. The van der Waals surface area contributed by atoms with Crippen molar-refractivity contribution >= 4 is 0 Å². The second-order valence-corrected chi connectivity index (χ2v) is 2.37. The first-order valence-corrected chi connectivity index (χ1v) is 3.73. The molecule has 0 amide bonds. The van der Waals surface area contributed by atoms with Crippen molar-refractivity contribution in [1.29, 1.82) is 0 Å². The molecule has 10 nitrogen and oxygen atoms in total. The van der Waals surface area contributed by atoms with E-state index in [-0.39, 0.29) is 9.72 Å². The summed E-state index contributed by atoms with van der Waals surface area (Å²) < 4.78 is 0. The van der Waals surface area contributed by atoms with Crippen LogP contribution in [-0.4, -0.2) is 53.0 Å². The van der Waals surface area contributed by atoms with Crippen LogP contribution in [0.2, 0.25) is 0 Å². The molecule has 0 saturated carbocycles. The highest BCUT2D eigenvalue weighted by atomic mass is 16.7. The summed E-state index contributed by atoms with van der Waals surface area (Å²) in [7, 11) is 2.13. The highest BCUT2D eigenvalue weighted by Gasteiger charge is 2.52. The van der Waals surface area contributed by atoms with E-state index in [0.717, 1.165) is 14.2 Å². The van der Waals surface area contributed by atoms with Crippen molar-refractivity contribution in [2.24, 2.45) is 10.6 Å². The van der Waals surface area contributed by atoms with Crippen LogP contribution in [0.15, 0.2) is 10.6 Å². The van der Waals surface area contributed by atoms with Crippen molar-refractivity contribution in [2.45, 2.75) is 5.66 Å². The molecule has 0 saturated heterocycles. The highest BCUT2D eigenvalue weighted by Crippen LogP contribution is 2.11. The minimum absolute atomic E-state index is 0.303. The van der Waals surface area contributed by atoms with Crippen LogP contribution in [0.5, 0.6) is 0 Å². The van der Waals surface area contributed by atoms with E-state index in [2.05, 4.69) is 20.2 Å². The Morgan fingerprint density at radius 3 is 1.60 bits per heavy atom. The molecule has 10 heteroatoms. The van der Waals surface area contributed by atoms with Gasteiger partial charge in [0.1, 0.15) is 14.2 Å². The van der Waals surface area contributed by atoms with Gasteiger partial charge < -0.3 is 30.3 Å². The average Bonchev–Trinajstić information content (AvgIpc) is 2.21. The molecule has 0 aromatic carbocycles. The molecule has 0 atom stereocenters. The van der Waals surface area contributed by atoms with Gasteiger partial charge in [-0.1, -0.05) is 0 Å². The van der Waals surface area contributed by atoms with Crippen molar-refractivity contribution in [3.05, 3.63) is 10.4 Å². The minimum Gasteiger partial charge on any atom is -0.592 e. The molecule has 2 N–H and O–H groups in total. The van der Waals surface area contributed by atoms with Gasteiger partial charge in [0.2, 0.25) is 10.6 Å². The number of hydrogen-bond donors (Lipinski definition) is 2. The van der Waals surface area contributed by atoms with Gasteiger partial charge in [-0.25, -0.2) is 0 Å². The lowest BCUT2D eigenvalue weighted by molar-refractivity contribution is -0.849. The number of hydrogen-bond acceptors (Lipinski definition) is 8. The summed E-state index contributed by atoms with van der Waals surface area (Å²) in [4.78, 5) is 7.61. The van der Waals surface area contributed by atoms with E-state index in [1.54, 1.807) is 0 Å². The van der Waals surface area contributed by atoms with Crippen molar-refractivity contribution in [2.75, 3.05) is 27.4 Å². The quantitative estimate of drug-likeness (QED) is 0.249. The molecule has 0 aliphatic rings. The zero-order valence-corrected chi connectivity index (χ0v) is 8.23. The molecule has 88 valence electrons. The summed E-state index contributed by atoms with van der Waals surface area (Å²) >= 11 is 0. The third-order valence-corrected chi connectivity index (χ3v) is 1.53. The molecular formula is C5H12N4O6. The van der Waals surface area contributed by atoms with Crippen LogP contribution in [0.1, 0.15) is 0 Å². The summed E-state index contributed by atoms with van der Waals surface area (Å²) in [6, 6.07) is 0. The maximum Gasteiger partial charge on any atom is 0.469 e. The number of aliphatic hydroxyl groups is 2. The molecular weight excluding hydrogens is 212 g/mol. The van der Waals surface area contributed by atoms with Gasteiger partial charge in [-0.05, 0) is 0 Å². The molecule has 0 radical (unpaired) electrons. The molecule has 0 aliphatic carbocycles. The topological polar surface area (TPSA) is 136 Å². The second-order valence-electron chi connectivity index (χ2n) is 2.37.